The molecule has 1 aromatic heterocycles. The highest BCUT2D eigenvalue weighted by atomic mass is 16.5. The lowest BCUT2D eigenvalue weighted by Crippen LogP contribution is -1.97. The smallest absolute Gasteiger partial charge is 0.132 e. The van der Waals surface area contributed by atoms with Gasteiger partial charge in [-0.25, -0.2) is 4.98 Å². The normalized spacial score (nSPS) is 10.4. The monoisotopic (exact) mass is 155 g/mol. The van der Waals surface area contributed by atoms with Crippen LogP contribution in [0.4, 0.5) is 0 Å². The van der Waals surface area contributed by atoms with Crippen LogP contribution in [-0.4, -0.2) is 16.6 Å². The van der Waals surface area contributed by atoms with Gasteiger partial charge in [0.15, 0.2) is 0 Å². The zero-order valence-electron chi connectivity index (χ0n) is 6.63. The standard InChI is InChI=1S/C7H13N3O/c1-2-11-5-7-9-4-6(3-8)10-7/h4H,2-3,5,8H2,1H3,(H,9,10). The first-order valence-corrected chi connectivity index (χ1v) is 3.67. The summed E-state index contributed by atoms with van der Waals surface area (Å²) in [5.41, 5.74) is 6.32. The van der Waals surface area contributed by atoms with Crippen LogP contribution in [0.1, 0.15) is 18.4 Å². The molecule has 0 fully saturated rings. The summed E-state index contributed by atoms with van der Waals surface area (Å²) < 4.78 is 5.14. The van der Waals surface area contributed by atoms with Crippen molar-refractivity contribution < 1.29 is 4.74 Å². The van der Waals surface area contributed by atoms with E-state index in [-0.39, 0.29) is 0 Å². The van der Waals surface area contributed by atoms with Gasteiger partial charge in [0.05, 0.1) is 0 Å². The van der Waals surface area contributed by atoms with Crippen LogP contribution >= 0.6 is 0 Å². The number of nitrogens with one attached hydrogen (secondary N) is 1. The van der Waals surface area contributed by atoms with Gasteiger partial charge >= 0.3 is 0 Å². The zero-order chi connectivity index (χ0) is 8.10. The Kier molecular flexibility index (Phi) is 3.07. The highest BCUT2D eigenvalue weighted by molar-refractivity contribution is 4.99. The summed E-state index contributed by atoms with van der Waals surface area (Å²) in [4.78, 5) is 7.10. The van der Waals surface area contributed by atoms with Gasteiger partial charge in [-0.05, 0) is 6.92 Å². The van der Waals surface area contributed by atoms with Crippen molar-refractivity contribution in [1.29, 1.82) is 0 Å². The van der Waals surface area contributed by atoms with Crippen LogP contribution < -0.4 is 5.73 Å². The summed E-state index contributed by atoms with van der Waals surface area (Å²) in [6.45, 7) is 3.70. The van der Waals surface area contributed by atoms with Crippen LogP contribution in [0.5, 0.6) is 0 Å². The SMILES string of the molecule is CCOCc1ncc(CN)[nH]1. The minimum atomic E-state index is 0.499. The first-order chi connectivity index (χ1) is 5.36. The van der Waals surface area contributed by atoms with Crippen molar-refractivity contribution in [3.63, 3.8) is 0 Å². The quantitative estimate of drug-likeness (QED) is 0.661. The van der Waals surface area contributed by atoms with Gasteiger partial charge in [-0.1, -0.05) is 0 Å². The van der Waals surface area contributed by atoms with Crippen molar-refractivity contribution >= 4 is 0 Å². The minimum absolute atomic E-state index is 0.499. The predicted octanol–water partition coefficient (Wildman–Crippen LogP) is 0.405. The number of rotatable bonds is 4. The molecule has 1 aromatic rings. The summed E-state index contributed by atoms with van der Waals surface area (Å²) in [6, 6.07) is 0. The Hall–Kier alpha value is -0.870. The van der Waals surface area contributed by atoms with Crippen molar-refractivity contribution in [2.24, 2.45) is 5.73 Å². The van der Waals surface area contributed by atoms with E-state index in [1.54, 1.807) is 6.20 Å². The fourth-order valence-electron chi connectivity index (χ4n) is 0.782. The highest BCUT2D eigenvalue weighted by Crippen LogP contribution is 1.96. The maximum Gasteiger partial charge on any atom is 0.132 e. The molecule has 0 amide bonds. The predicted molar refractivity (Wildman–Crippen MR) is 41.8 cm³/mol. The van der Waals surface area contributed by atoms with E-state index >= 15 is 0 Å². The third kappa shape index (κ3) is 2.32. The lowest BCUT2D eigenvalue weighted by Gasteiger charge is -1.95. The molecule has 3 N–H and O–H groups in total. The molecule has 0 aliphatic rings. The Morgan fingerprint density at radius 2 is 2.55 bits per heavy atom. The molecule has 4 heteroatoms. The molecule has 4 nitrogen and oxygen atoms in total. The van der Waals surface area contributed by atoms with Crippen LogP contribution in [-0.2, 0) is 17.9 Å². The number of hydrogen-bond acceptors (Lipinski definition) is 3. The molecule has 0 saturated heterocycles. The van der Waals surface area contributed by atoms with Crippen LogP contribution in [0, 0.1) is 0 Å². The molecule has 0 aliphatic heterocycles. The lowest BCUT2D eigenvalue weighted by molar-refractivity contribution is 0.129. The molecule has 1 rings (SSSR count). The van der Waals surface area contributed by atoms with E-state index in [9.17, 15) is 0 Å². The third-order valence-corrected chi connectivity index (χ3v) is 1.34. The molecular formula is C7H13N3O. The fourth-order valence-corrected chi connectivity index (χ4v) is 0.782. The lowest BCUT2D eigenvalue weighted by atomic mass is 10.5. The van der Waals surface area contributed by atoms with Gasteiger partial charge in [0.2, 0.25) is 0 Å². The minimum Gasteiger partial charge on any atom is -0.374 e. The van der Waals surface area contributed by atoms with Gasteiger partial charge in [-0.2, -0.15) is 0 Å². The van der Waals surface area contributed by atoms with Crippen LogP contribution in [0.25, 0.3) is 0 Å². The second kappa shape index (κ2) is 4.10. The van der Waals surface area contributed by atoms with E-state index in [1.807, 2.05) is 6.92 Å². The van der Waals surface area contributed by atoms with Gasteiger partial charge in [0.25, 0.3) is 0 Å². The topological polar surface area (TPSA) is 63.9 Å². The molecular weight excluding hydrogens is 142 g/mol. The molecule has 0 saturated carbocycles. The number of aromatic amines is 1. The highest BCUT2D eigenvalue weighted by Gasteiger charge is 1.97. The molecule has 0 aliphatic carbocycles. The van der Waals surface area contributed by atoms with Crippen molar-refractivity contribution in [2.75, 3.05) is 6.61 Å². The first-order valence-electron chi connectivity index (χ1n) is 3.67. The Bertz CT molecular complexity index is 209. The molecule has 0 radical (unpaired) electrons. The average molecular weight is 155 g/mol. The van der Waals surface area contributed by atoms with E-state index in [0.29, 0.717) is 19.8 Å². The second-order valence-corrected chi connectivity index (χ2v) is 2.20. The fraction of sp³-hybridized carbons (Fsp3) is 0.571. The first kappa shape index (κ1) is 8.23. The van der Waals surface area contributed by atoms with Crippen molar-refractivity contribution in [1.82, 2.24) is 9.97 Å². The zero-order valence-corrected chi connectivity index (χ0v) is 6.63. The molecule has 0 bridgehead atoms. The maximum absolute atomic E-state index is 5.38. The Labute approximate surface area is 65.8 Å². The van der Waals surface area contributed by atoms with Crippen LogP contribution in [0.3, 0.4) is 0 Å². The Morgan fingerprint density at radius 1 is 1.73 bits per heavy atom. The number of imidazole rings is 1. The summed E-state index contributed by atoms with van der Waals surface area (Å²) in [7, 11) is 0. The number of nitrogens with two attached hydrogens (primary N) is 1. The molecule has 0 unspecified atom stereocenters. The van der Waals surface area contributed by atoms with Crippen LogP contribution in [0.15, 0.2) is 6.20 Å². The van der Waals surface area contributed by atoms with E-state index in [4.69, 9.17) is 10.5 Å². The van der Waals surface area contributed by atoms with Gasteiger partial charge in [-0.15, -0.1) is 0 Å². The van der Waals surface area contributed by atoms with E-state index < -0.39 is 0 Å². The summed E-state index contributed by atoms with van der Waals surface area (Å²) in [6.07, 6.45) is 1.73. The average Bonchev–Trinajstić information content (AvgIpc) is 2.48. The molecule has 0 aromatic carbocycles. The molecule has 11 heavy (non-hydrogen) atoms. The molecule has 0 atom stereocenters. The molecule has 1 heterocycles. The van der Waals surface area contributed by atoms with E-state index in [1.165, 1.54) is 0 Å². The van der Waals surface area contributed by atoms with Gasteiger partial charge < -0.3 is 15.5 Å². The molecule has 0 spiro atoms. The summed E-state index contributed by atoms with van der Waals surface area (Å²) >= 11 is 0. The number of ether oxygens (including phenoxy) is 1. The van der Waals surface area contributed by atoms with E-state index in [2.05, 4.69) is 9.97 Å². The number of hydrogen-bond donors (Lipinski definition) is 2. The number of H-pyrrole nitrogens is 1. The molecule has 62 valence electrons. The third-order valence-electron chi connectivity index (χ3n) is 1.34. The number of aromatic nitrogens is 2. The Balaban J connectivity index is 2.44. The van der Waals surface area contributed by atoms with E-state index in [0.717, 1.165) is 11.5 Å². The maximum atomic E-state index is 5.38. The van der Waals surface area contributed by atoms with Crippen molar-refractivity contribution in [2.45, 2.75) is 20.1 Å². The summed E-state index contributed by atoms with van der Waals surface area (Å²) in [5, 5.41) is 0. The second-order valence-electron chi connectivity index (χ2n) is 2.20. The van der Waals surface area contributed by atoms with Crippen molar-refractivity contribution in [3.05, 3.63) is 17.7 Å². The van der Waals surface area contributed by atoms with Crippen molar-refractivity contribution in [3.8, 4) is 0 Å². The largest absolute Gasteiger partial charge is 0.374 e. The van der Waals surface area contributed by atoms with Gasteiger partial charge in [0, 0.05) is 25.0 Å². The summed E-state index contributed by atoms with van der Waals surface area (Å²) in [5.74, 6) is 0.840. The Morgan fingerprint density at radius 3 is 3.09 bits per heavy atom. The van der Waals surface area contributed by atoms with Crippen LogP contribution in [0.2, 0.25) is 0 Å². The number of nitrogens with zero attached hydrogens (tertiary/aromatic N) is 1. The van der Waals surface area contributed by atoms with Gasteiger partial charge in [-0.3, -0.25) is 0 Å². The van der Waals surface area contributed by atoms with Gasteiger partial charge in [0.1, 0.15) is 12.4 Å².